The monoisotopic (exact) mass is 320 g/mol. The van der Waals surface area contributed by atoms with Gasteiger partial charge in [-0.05, 0) is 33.0 Å². The molecule has 1 fully saturated rings. The lowest BCUT2D eigenvalue weighted by Gasteiger charge is -2.34. The van der Waals surface area contributed by atoms with Crippen molar-refractivity contribution < 1.29 is 14.3 Å². The molecule has 1 aliphatic rings. The Morgan fingerprint density at radius 1 is 1.43 bits per heavy atom. The molecule has 23 heavy (non-hydrogen) atoms. The third kappa shape index (κ3) is 4.74. The standard InChI is InChI=1S/C16H24N4O3/c1-11-4-5-14(12(2)18-11)16(22)20-6-7-23-13(9-20)8-19(3)10-15(17)21/h4-5,13H,6-10H2,1-3H3,(H2,17,21)/t13-/m1/s1. The van der Waals surface area contributed by atoms with Crippen molar-refractivity contribution in [3.05, 3.63) is 29.1 Å². The number of pyridine rings is 1. The Kier molecular flexibility index (Phi) is 5.68. The molecule has 0 aliphatic carbocycles. The fourth-order valence-corrected chi connectivity index (χ4v) is 2.78. The molecule has 7 nitrogen and oxygen atoms in total. The van der Waals surface area contributed by atoms with Crippen LogP contribution in [-0.4, -0.2) is 72.5 Å². The molecule has 1 aromatic heterocycles. The van der Waals surface area contributed by atoms with Crippen LogP contribution in [-0.2, 0) is 9.53 Å². The van der Waals surface area contributed by atoms with E-state index >= 15 is 0 Å². The van der Waals surface area contributed by atoms with E-state index in [4.69, 9.17) is 10.5 Å². The van der Waals surface area contributed by atoms with E-state index in [1.54, 1.807) is 9.80 Å². The maximum atomic E-state index is 12.7. The van der Waals surface area contributed by atoms with E-state index in [1.165, 1.54) is 0 Å². The van der Waals surface area contributed by atoms with E-state index in [-0.39, 0.29) is 24.5 Å². The first kappa shape index (κ1) is 17.4. The van der Waals surface area contributed by atoms with Crippen molar-refractivity contribution in [2.75, 3.05) is 39.8 Å². The number of hydrogen-bond acceptors (Lipinski definition) is 5. The molecular formula is C16H24N4O3. The van der Waals surface area contributed by atoms with Crippen LogP contribution in [0.3, 0.4) is 0 Å². The van der Waals surface area contributed by atoms with Crippen molar-refractivity contribution >= 4 is 11.8 Å². The first-order chi connectivity index (χ1) is 10.9. The molecule has 0 bridgehead atoms. The summed E-state index contributed by atoms with van der Waals surface area (Å²) in [5, 5.41) is 0. The van der Waals surface area contributed by atoms with Crippen LogP contribution in [0, 0.1) is 13.8 Å². The van der Waals surface area contributed by atoms with Crippen molar-refractivity contribution in [2.24, 2.45) is 5.73 Å². The molecule has 2 heterocycles. The Morgan fingerprint density at radius 2 is 2.17 bits per heavy atom. The molecule has 2 rings (SSSR count). The second-order valence-electron chi connectivity index (χ2n) is 5.99. The fraction of sp³-hybridized carbons (Fsp3) is 0.562. The molecule has 0 aromatic carbocycles. The van der Waals surface area contributed by atoms with E-state index in [2.05, 4.69) is 4.98 Å². The van der Waals surface area contributed by atoms with Crippen LogP contribution >= 0.6 is 0 Å². The van der Waals surface area contributed by atoms with Gasteiger partial charge < -0.3 is 15.4 Å². The zero-order valence-corrected chi connectivity index (χ0v) is 13.9. The van der Waals surface area contributed by atoms with Gasteiger partial charge in [-0.15, -0.1) is 0 Å². The summed E-state index contributed by atoms with van der Waals surface area (Å²) in [6.45, 7) is 6.02. The third-order valence-electron chi connectivity index (χ3n) is 3.82. The topological polar surface area (TPSA) is 88.8 Å². The number of morpholine rings is 1. The third-order valence-corrected chi connectivity index (χ3v) is 3.82. The average molecular weight is 320 g/mol. The normalized spacial score (nSPS) is 18.3. The van der Waals surface area contributed by atoms with Crippen LogP contribution in [0.4, 0.5) is 0 Å². The Hall–Kier alpha value is -1.99. The Morgan fingerprint density at radius 3 is 2.83 bits per heavy atom. The Labute approximate surface area is 136 Å². The van der Waals surface area contributed by atoms with E-state index in [0.29, 0.717) is 31.8 Å². The molecule has 1 aromatic rings. The SMILES string of the molecule is Cc1ccc(C(=O)N2CCO[C@H](CN(C)CC(N)=O)C2)c(C)n1. The number of primary amides is 1. The van der Waals surface area contributed by atoms with Gasteiger partial charge in [-0.2, -0.15) is 0 Å². The van der Waals surface area contributed by atoms with Gasteiger partial charge in [0.05, 0.1) is 30.5 Å². The lowest BCUT2D eigenvalue weighted by atomic mass is 10.1. The van der Waals surface area contributed by atoms with Gasteiger partial charge in [-0.3, -0.25) is 19.5 Å². The first-order valence-corrected chi connectivity index (χ1v) is 7.68. The summed E-state index contributed by atoms with van der Waals surface area (Å²) < 4.78 is 5.69. The van der Waals surface area contributed by atoms with Crippen molar-refractivity contribution in [1.82, 2.24) is 14.8 Å². The molecule has 2 amide bonds. The minimum Gasteiger partial charge on any atom is -0.373 e. The van der Waals surface area contributed by atoms with Crippen molar-refractivity contribution in [3.63, 3.8) is 0 Å². The second-order valence-corrected chi connectivity index (χ2v) is 5.99. The molecule has 126 valence electrons. The minimum atomic E-state index is -0.377. The molecule has 2 N–H and O–H groups in total. The number of carbonyl (C=O) groups excluding carboxylic acids is 2. The van der Waals surface area contributed by atoms with Gasteiger partial charge in [0.25, 0.3) is 5.91 Å². The quantitative estimate of drug-likeness (QED) is 0.822. The zero-order chi connectivity index (χ0) is 17.0. The number of ether oxygens (including phenoxy) is 1. The lowest BCUT2D eigenvalue weighted by molar-refractivity contribution is -0.119. The van der Waals surface area contributed by atoms with Crippen LogP contribution in [0.15, 0.2) is 12.1 Å². The van der Waals surface area contributed by atoms with Gasteiger partial charge in [0.15, 0.2) is 0 Å². The van der Waals surface area contributed by atoms with E-state index in [0.717, 1.165) is 11.4 Å². The molecule has 1 aliphatic heterocycles. The average Bonchev–Trinajstić information content (AvgIpc) is 2.46. The van der Waals surface area contributed by atoms with Crippen LogP contribution in [0.5, 0.6) is 0 Å². The molecule has 0 radical (unpaired) electrons. The maximum absolute atomic E-state index is 12.7. The number of hydrogen-bond donors (Lipinski definition) is 1. The molecule has 0 spiro atoms. The van der Waals surface area contributed by atoms with Crippen molar-refractivity contribution in [3.8, 4) is 0 Å². The largest absolute Gasteiger partial charge is 0.373 e. The van der Waals surface area contributed by atoms with Crippen molar-refractivity contribution in [2.45, 2.75) is 20.0 Å². The fourth-order valence-electron chi connectivity index (χ4n) is 2.78. The van der Waals surface area contributed by atoms with E-state index in [9.17, 15) is 9.59 Å². The van der Waals surface area contributed by atoms with Crippen molar-refractivity contribution in [1.29, 1.82) is 0 Å². The first-order valence-electron chi connectivity index (χ1n) is 7.68. The van der Waals surface area contributed by atoms with Gasteiger partial charge in [0.1, 0.15) is 0 Å². The lowest BCUT2D eigenvalue weighted by Crippen LogP contribution is -2.50. The van der Waals surface area contributed by atoms with Gasteiger partial charge in [0.2, 0.25) is 5.91 Å². The maximum Gasteiger partial charge on any atom is 0.255 e. The molecule has 1 atom stereocenters. The predicted molar refractivity (Wildman–Crippen MR) is 86.0 cm³/mol. The molecular weight excluding hydrogens is 296 g/mol. The number of amides is 2. The number of likely N-dealkylation sites (N-methyl/N-ethyl adjacent to an activating group) is 1. The van der Waals surface area contributed by atoms with Gasteiger partial charge in [0, 0.05) is 25.3 Å². The zero-order valence-electron chi connectivity index (χ0n) is 13.9. The summed E-state index contributed by atoms with van der Waals surface area (Å²) in [5.41, 5.74) is 7.45. The molecule has 0 unspecified atom stereocenters. The number of carbonyl (C=O) groups is 2. The van der Waals surface area contributed by atoms with E-state index < -0.39 is 0 Å². The second kappa shape index (κ2) is 7.52. The van der Waals surface area contributed by atoms with Gasteiger partial charge in [-0.25, -0.2) is 0 Å². The summed E-state index contributed by atoms with van der Waals surface area (Å²) in [7, 11) is 1.81. The minimum absolute atomic E-state index is 0.0270. The highest BCUT2D eigenvalue weighted by atomic mass is 16.5. The predicted octanol–water partition coefficient (Wildman–Crippen LogP) is -0.0435. The highest BCUT2D eigenvalue weighted by molar-refractivity contribution is 5.95. The number of rotatable bonds is 5. The molecule has 7 heteroatoms. The number of aryl methyl sites for hydroxylation is 2. The Bertz CT molecular complexity index is 591. The van der Waals surface area contributed by atoms with Gasteiger partial charge in [-0.1, -0.05) is 0 Å². The van der Waals surface area contributed by atoms with Gasteiger partial charge >= 0.3 is 0 Å². The number of nitrogens with zero attached hydrogens (tertiary/aromatic N) is 3. The smallest absolute Gasteiger partial charge is 0.255 e. The van der Waals surface area contributed by atoms with Crippen LogP contribution in [0.2, 0.25) is 0 Å². The summed E-state index contributed by atoms with van der Waals surface area (Å²) in [4.78, 5) is 31.6. The molecule has 1 saturated heterocycles. The molecule has 0 saturated carbocycles. The number of nitrogens with two attached hydrogens (primary N) is 1. The summed E-state index contributed by atoms with van der Waals surface area (Å²) in [6, 6.07) is 3.67. The summed E-state index contributed by atoms with van der Waals surface area (Å²) >= 11 is 0. The summed E-state index contributed by atoms with van der Waals surface area (Å²) in [6.07, 6.45) is -0.129. The van der Waals surface area contributed by atoms with Crippen LogP contribution < -0.4 is 5.73 Å². The number of aromatic nitrogens is 1. The summed E-state index contributed by atoms with van der Waals surface area (Å²) in [5.74, 6) is -0.404. The highest BCUT2D eigenvalue weighted by Crippen LogP contribution is 2.14. The van der Waals surface area contributed by atoms with E-state index in [1.807, 2.05) is 33.0 Å². The van der Waals surface area contributed by atoms with Crippen LogP contribution in [0.1, 0.15) is 21.7 Å². The Balaban J connectivity index is 2.00. The highest BCUT2D eigenvalue weighted by Gasteiger charge is 2.27. The van der Waals surface area contributed by atoms with Crippen LogP contribution in [0.25, 0.3) is 0 Å².